The van der Waals surface area contributed by atoms with E-state index < -0.39 is 22.0 Å². The third-order valence-electron chi connectivity index (χ3n) is 7.91. The molecule has 2 heterocycles. The van der Waals surface area contributed by atoms with E-state index in [1.807, 2.05) is 22.7 Å². The summed E-state index contributed by atoms with van der Waals surface area (Å²) in [5.74, 6) is 1.08. The van der Waals surface area contributed by atoms with E-state index in [-0.39, 0.29) is 10.8 Å². The van der Waals surface area contributed by atoms with Crippen LogP contribution in [0.4, 0.5) is 0 Å². The fraction of sp³-hybridized carbons (Fsp3) is 0.667. The minimum Gasteiger partial charge on any atom is -0.480 e. The molecule has 1 amide bonds. The molecule has 0 aliphatic rings. The summed E-state index contributed by atoms with van der Waals surface area (Å²) < 4.78 is 34.2. The Morgan fingerprint density at radius 2 is 1.70 bits per heavy atom. The van der Waals surface area contributed by atoms with Gasteiger partial charge in [0.1, 0.15) is 5.75 Å². The molecule has 1 unspecified atom stereocenters. The van der Waals surface area contributed by atoms with Crippen molar-refractivity contribution in [3.05, 3.63) is 46.9 Å². The van der Waals surface area contributed by atoms with Crippen LogP contribution in [0.15, 0.2) is 24.3 Å². The van der Waals surface area contributed by atoms with Gasteiger partial charge in [0.05, 0.1) is 6.26 Å². The van der Waals surface area contributed by atoms with Gasteiger partial charge in [0.15, 0.2) is 17.6 Å². The van der Waals surface area contributed by atoms with Crippen LogP contribution < -0.4 is 14.8 Å². The molecule has 3 aromatic rings. The predicted octanol–water partition coefficient (Wildman–Crippen LogP) is 6.12. The Morgan fingerprint density at radius 1 is 1.02 bits per heavy atom. The van der Waals surface area contributed by atoms with Gasteiger partial charge in [-0.3, -0.25) is 14.6 Å². The lowest BCUT2D eigenvalue weighted by Gasteiger charge is -2.25. The fourth-order valence-corrected chi connectivity index (χ4v) is 5.66. The van der Waals surface area contributed by atoms with E-state index in [1.165, 1.54) is 6.42 Å². The Kier molecular flexibility index (Phi) is 12.0. The molecule has 0 saturated heterocycles. The average molecular weight is 631 g/mol. The molecule has 0 radical (unpaired) electrons. The van der Waals surface area contributed by atoms with Gasteiger partial charge in [-0.25, -0.2) is 12.9 Å². The lowest BCUT2D eigenvalue weighted by molar-refractivity contribution is -0.126. The van der Waals surface area contributed by atoms with Gasteiger partial charge in [-0.1, -0.05) is 99.6 Å². The fourth-order valence-electron chi connectivity index (χ4n) is 5.16. The third-order valence-corrected chi connectivity index (χ3v) is 8.48. The number of hydrogen-bond acceptors (Lipinski definition) is 7. The van der Waals surface area contributed by atoms with Crippen molar-refractivity contribution >= 4 is 21.6 Å². The lowest BCUT2D eigenvalue weighted by atomic mass is 9.92. The quantitative estimate of drug-likeness (QED) is 0.153. The molecular formula is C33H54N6O4S. The van der Waals surface area contributed by atoms with Crippen LogP contribution in [0.25, 0.3) is 5.65 Å². The van der Waals surface area contributed by atoms with Crippen molar-refractivity contribution in [2.24, 2.45) is 0 Å². The highest BCUT2D eigenvalue weighted by molar-refractivity contribution is 7.89. The minimum absolute atomic E-state index is 0.0384. The number of benzene rings is 1. The minimum atomic E-state index is -3.71. The Balaban J connectivity index is 1.78. The number of ether oxygens (including phenoxy) is 1. The monoisotopic (exact) mass is 630 g/mol. The summed E-state index contributed by atoms with van der Waals surface area (Å²) in [4.78, 5) is 13.0. The molecule has 0 bridgehead atoms. The molecule has 0 aliphatic carbocycles. The van der Waals surface area contributed by atoms with Gasteiger partial charge in [0, 0.05) is 41.2 Å². The normalized spacial score (nSPS) is 13.5. The standard InChI is InChI=1S/C33H54N6O4S/c1-10-11-12-13-14-15-16-27(30(40)38-44(9,41)42)43-26-18-17-24(23(2)3)19-25(26)21-34-22-33(7,8)31-36-35-29-20-28(32(4,5)6)37-39(29)31/h17-20,23,27,34,37H,10-16,21-22H2,1-9H3,(H,38,40). The summed E-state index contributed by atoms with van der Waals surface area (Å²) >= 11 is 0. The third kappa shape index (κ3) is 10.1. The molecule has 1 atom stereocenters. The predicted molar refractivity (Wildman–Crippen MR) is 177 cm³/mol. The highest BCUT2D eigenvalue weighted by Gasteiger charge is 2.29. The largest absolute Gasteiger partial charge is 0.480 e. The summed E-state index contributed by atoms with van der Waals surface area (Å²) in [7, 11) is -3.71. The number of carbonyl (C=O) groups excluding carboxylic acids is 1. The van der Waals surface area contributed by atoms with E-state index in [0.29, 0.717) is 31.2 Å². The van der Waals surface area contributed by atoms with Crippen LogP contribution in [0.2, 0.25) is 0 Å². The number of nitrogens with zero attached hydrogens (tertiary/aromatic N) is 3. The van der Waals surface area contributed by atoms with Gasteiger partial charge in [-0.2, -0.15) is 0 Å². The second-order valence-electron chi connectivity index (χ2n) is 14.0. The number of amides is 1. The first-order valence-electron chi connectivity index (χ1n) is 16.0. The lowest BCUT2D eigenvalue weighted by Crippen LogP contribution is -2.41. The highest BCUT2D eigenvalue weighted by Crippen LogP contribution is 2.28. The molecule has 2 aromatic heterocycles. The second-order valence-corrected chi connectivity index (χ2v) is 15.8. The van der Waals surface area contributed by atoms with Gasteiger partial charge < -0.3 is 10.1 Å². The van der Waals surface area contributed by atoms with Gasteiger partial charge in [0.2, 0.25) is 10.0 Å². The highest BCUT2D eigenvalue weighted by atomic mass is 32.2. The van der Waals surface area contributed by atoms with Crippen molar-refractivity contribution in [1.82, 2.24) is 29.9 Å². The van der Waals surface area contributed by atoms with E-state index in [1.54, 1.807) is 0 Å². The van der Waals surface area contributed by atoms with Crippen molar-refractivity contribution in [3.63, 3.8) is 0 Å². The van der Waals surface area contributed by atoms with Gasteiger partial charge in [-0.05, 0) is 30.4 Å². The van der Waals surface area contributed by atoms with E-state index in [9.17, 15) is 13.2 Å². The van der Waals surface area contributed by atoms with Crippen molar-refractivity contribution in [2.45, 2.75) is 130 Å². The number of sulfonamides is 1. The smallest absolute Gasteiger partial charge is 0.274 e. The molecule has 0 fully saturated rings. The number of rotatable bonds is 17. The van der Waals surface area contributed by atoms with Crippen LogP contribution in [-0.2, 0) is 32.2 Å². The first-order valence-corrected chi connectivity index (χ1v) is 17.9. The summed E-state index contributed by atoms with van der Waals surface area (Å²) in [6, 6.07) is 8.05. The molecule has 1 aromatic carbocycles. The van der Waals surface area contributed by atoms with Crippen LogP contribution in [-0.4, -0.2) is 53.0 Å². The van der Waals surface area contributed by atoms with E-state index in [4.69, 9.17) is 4.74 Å². The van der Waals surface area contributed by atoms with Crippen LogP contribution in [0.3, 0.4) is 0 Å². The van der Waals surface area contributed by atoms with Crippen LogP contribution in [0.1, 0.15) is 129 Å². The topological polar surface area (TPSA) is 130 Å². The maximum absolute atomic E-state index is 13.0. The Labute approximate surface area is 264 Å². The number of nitrogens with one attached hydrogen (secondary N) is 3. The zero-order chi connectivity index (χ0) is 32.7. The first kappa shape index (κ1) is 35.6. The SMILES string of the molecule is CCCCCCCCC(Oc1ccc(C(C)C)cc1CNCC(C)(C)c1nnc2cc(C(C)(C)C)[nH]n12)C(=O)NS(C)(=O)=O. The van der Waals surface area contributed by atoms with E-state index >= 15 is 0 Å². The van der Waals surface area contributed by atoms with E-state index in [0.717, 1.165) is 66.7 Å². The maximum atomic E-state index is 13.0. The number of aromatic nitrogens is 4. The second kappa shape index (κ2) is 14.9. The average Bonchev–Trinajstić information content (AvgIpc) is 3.51. The van der Waals surface area contributed by atoms with Crippen molar-refractivity contribution in [3.8, 4) is 5.75 Å². The van der Waals surface area contributed by atoms with Crippen LogP contribution in [0, 0.1) is 0 Å². The van der Waals surface area contributed by atoms with Gasteiger partial charge >= 0.3 is 0 Å². The maximum Gasteiger partial charge on any atom is 0.274 e. The summed E-state index contributed by atoms with van der Waals surface area (Å²) in [5, 5.41) is 15.9. The number of fused-ring (bicyclic) bond motifs is 1. The van der Waals surface area contributed by atoms with Crippen LogP contribution in [0.5, 0.6) is 5.75 Å². The van der Waals surface area contributed by atoms with Crippen molar-refractivity contribution in [2.75, 3.05) is 12.8 Å². The van der Waals surface area contributed by atoms with Crippen molar-refractivity contribution < 1.29 is 17.9 Å². The molecule has 246 valence electrons. The van der Waals surface area contributed by atoms with Gasteiger partial charge in [0.25, 0.3) is 5.91 Å². The van der Waals surface area contributed by atoms with Crippen molar-refractivity contribution in [1.29, 1.82) is 0 Å². The summed E-state index contributed by atoms with van der Waals surface area (Å²) in [6.45, 7) is 18.3. The molecule has 0 saturated carbocycles. The number of carbonyl (C=O) groups is 1. The number of unbranched alkanes of at least 4 members (excludes halogenated alkanes) is 5. The Morgan fingerprint density at radius 3 is 2.34 bits per heavy atom. The molecule has 3 N–H and O–H groups in total. The number of hydrogen-bond donors (Lipinski definition) is 3. The zero-order valence-electron chi connectivity index (χ0n) is 28.2. The van der Waals surface area contributed by atoms with Crippen LogP contribution >= 0.6 is 0 Å². The summed E-state index contributed by atoms with van der Waals surface area (Å²) in [6.07, 6.45) is 6.85. The molecule has 0 aliphatic heterocycles. The number of H-pyrrole nitrogens is 1. The van der Waals surface area contributed by atoms with E-state index in [2.05, 4.69) is 86.8 Å². The Bertz CT molecular complexity index is 1480. The molecule has 44 heavy (non-hydrogen) atoms. The summed E-state index contributed by atoms with van der Waals surface area (Å²) in [5.41, 5.74) is 3.56. The first-order chi connectivity index (χ1) is 20.5. The molecule has 3 rings (SSSR count). The Hall–Kier alpha value is -2.92. The van der Waals surface area contributed by atoms with Gasteiger partial charge in [-0.15, -0.1) is 10.2 Å². The zero-order valence-corrected chi connectivity index (χ0v) is 29.0. The number of aromatic amines is 1. The molecule has 10 nitrogen and oxygen atoms in total. The molecular weight excluding hydrogens is 576 g/mol. The molecule has 11 heteroatoms. The molecule has 0 spiro atoms.